The largest absolute Gasteiger partial charge is 0.382 e. The number of hydrogen-bond acceptors (Lipinski definition) is 2. The maximum absolute atomic E-state index is 12.5. The maximum Gasteiger partial charge on any atom is 0.251 e. The Bertz CT molecular complexity index is 961. The van der Waals surface area contributed by atoms with E-state index in [1.807, 2.05) is 49.4 Å². The van der Waals surface area contributed by atoms with Gasteiger partial charge in [0.05, 0.1) is 0 Å². The first-order valence-electron chi connectivity index (χ1n) is 9.71. The first kappa shape index (κ1) is 20.4. The molecular weight excluding hydrogens is 372 g/mol. The minimum atomic E-state index is -0.0408. The fraction of sp³-hybridized carbons (Fsp3) is 0.348. The van der Waals surface area contributed by atoms with E-state index in [1.54, 1.807) is 0 Å². The molecular formula is C23H27ClN2O2. The van der Waals surface area contributed by atoms with Gasteiger partial charge < -0.3 is 14.6 Å². The first-order valence-corrected chi connectivity index (χ1v) is 10.1. The molecule has 3 rings (SSSR count). The van der Waals surface area contributed by atoms with Gasteiger partial charge in [0.2, 0.25) is 0 Å². The van der Waals surface area contributed by atoms with Gasteiger partial charge in [-0.3, -0.25) is 4.79 Å². The van der Waals surface area contributed by atoms with Gasteiger partial charge in [-0.2, -0.15) is 0 Å². The summed E-state index contributed by atoms with van der Waals surface area (Å²) < 4.78 is 7.59. The van der Waals surface area contributed by atoms with Crippen LogP contribution in [-0.4, -0.2) is 30.2 Å². The highest BCUT2D eigenvalue weighted by molar-refractivity contribution is 6.30. The van der Waals surface area contributed by atoms with Gasteiger partial charge in [0.25, 0.3) is 5.91 Å². The predicted molar refractivity (Wildman–Crippen MR) is 115 cm³/mol. The molecule has 0 radical (unpaired) electrons. The molecule has 0 saturated heterocycles. The highest BCUT2D eigenvalue weighted by Crippen LogP contribution is 2.27. The number of carbonyl (C=O) groups excluding carboxylic acids is 1. The second kappa shape index (κ2) is 9.26. The minimum absolute atomic E-state index is 0.0408. The molecule has 1 heterocycles. The average Bonchev–Trinajstić information content (AvgIpc) is 2.93. The molecule has 1 N–H and O–H groups in total. The predicted octanol–water partition coefficient (Wildman–Crippen LogP) is 5.12. The number of nitrogens with zero attached hydrogens (tertiary/aromatic N) is 1. The van der Waals surface area contributed by atoms with Crippen LogP contribution in [0.15, 0.2) is 42.5 Å². The van der Waals surface area contributed by atoms with Crippen molar-refractivity contribution in [1.82, 2.24) is 9.88 Å². The molecule has 0 aliphatic carbocycles. The summed E-state index contributed by atoms with van der Waals surface area (Å²) in [6, 6.07) is 13.9. The van der Waals surface area contributed by atoms with Crippen molar-refractivity contribution in [3.63, 3.8) is 0 Å². The van der Waals surface area contributed by atoms with Crippen LogP contribution in [0.3, 0.4) is 0 Å². The number of benzene rings is 2. The van der Waals surface area contributed by atoms with Gasteiger partial charge in [0, 0.05) is 53.5 Å². The quantitative estimate of drug-likeness (QED) is 0.535. The van der Waals surface area contributed by atoms with E-state index >= 15 is 0 Å². The van der Waals surface area contributed by atoms with E-state index in [0.29, 0.717) is 25.3 Å². The molecule has 0 fully saturated rings. The Morgan fingerprint density at radius 3 is 2.61 bits per heavy atom. The molecule has 1 aromatic heterocycles. The van der Waals surface area contributed by atoms with Crippen LogP contribution in [0.5, 0.6) is 0 Å². The van der Waals surface area contributed by atoms with E-state index in [0.717, 1.165) is 28.9 Å². The Morgan fingerprint density at radius 1 is 1.14 bits per heavy atom. The SMILES string of the molecule is CCOCCCNC(=O)c1ccc2c(c1)c(C)c(C)n2Cc1ccc(Cl)cc1. The summed E-state index contributed by atoms with van der Waals surface area (Å²) in [7, 11) is 0. The fourth-order valence-electron chi connectivity index (χ4n) is 3.39. The summed E-state index contributed by atoms with van der Waals surface area (Å²) in [6.45, 7) is 8.97. The van der Waals surface area contributed by atoms with Crippen molar-refractivity contribution in [1.29, 1.82) is 0 Å². The third kappa shape index (κ3) is 4.57. The molecule has 0 saturated carbocycles. The fourth-order valence-corrected chi connectivity index (χ4v) is 3.52. The molecule has 2 aromatic carbocycles. The van der Waals surface area contributed by atoms with E-state index in [-0.39, 0.29) is 5.91 Å². The van der Waals surface area contributed by atoms with Gasteiger partial charge in [0.1, 0.15) is 0 Å². The maximum atomic E-state index is 12.5. The van der Waals surface area contributed by atoms with Crippen molar-refractivity contribution in [3.8, 4) is 0 Å². The molecule has 5 heteroatoms. The molecule has 0 aliphatic heterocycles. The van der Waals surface area contributed by atoms with E-state index in [1.165, 1.54) is 16.8 Å². The highest BCUT2D eigenvalue weighted by Gasteiger charge is 2.14. The normalized spacial score (nSPS) is 11.1. The Morgan fingerprint density at radius 2 is 1.89 bits per heavy atom. The van der Waals surface area contributed by atoms with E-state index < -0.39 is 0 Å². The molecule has 1 amide bonds. The first-order chi connectivity index (χ1) is 13.5. The summed E-state index contributed by atoms with van der Waals surface area (Å²) >= 11 is 6.00. The molecule has 4 nitrogen and oxygen atoms in total. The van der Waals surface area contributed by atoms with Crippen LogP contribution < -0.4 is 5.32 Å². The lowest BCUT2D eigenvalue weighted by Crippen LogP contribution is -2.25. The summed E-state index contributed by atoms with van der Waals surface area (Å²) in [4.78, 5) is 12.5. The zero-order valence-corrected chi connectivity index (χ0v) is 17.5. The van der Waals surface area contributed by atoms with Crippen molar-refractivity contribution < 1.29 is 9.53 Å². The number of carbonyl (C=O) groups is 1. The lowest BCUT2D eigenvalue weighted by Gasteiger charge is -2.10. The van der Waals surface area contributed by atoms with Gasteiger partial charge in [-0.05, 0) is 68.7 Å². The van der Waals surface area contributed by atoms with Gasteiger partial charge in [-0.15, -0.1) is 0 Å². The second-order valence-corrected chi connectivity index (χ2v) is 7.40. The lowest BCUT2D eigenvalue weighted by atomic mass is 10.1. The smallest absolute Gasteiger partial charge is 0.251 e. The molecule has 0 unspecified atom stereocenters. The van der Waals surface area contributed by atoms with Crippen LogP contribution >= 0.6 is 11.6 Å². The molecule has 3 aromatic rings. The van der Waals surface area contributed by atoms with Crippen LogP contribution in [-0.2, 0) is 11.3 Å². The number of aryl methyl sites for hydroxylation is 1. The molecule has 0 bridgehead atoms. The third-order valence-corrected chi connectivity index (χ3v) is 5.36. The summed E-state index contributed by atoms with van der Waals surface area (Å²) in [6.07, 6.45) is 0.817. The number of aromatic nitrogens is 1. The topological polar surface area (TPSA) is 43.3 Å². The van der Waals surface area contributed by atoms with Crippen molar-refractivity contribution in [2.45, 2.75) is 33.7 Å². The lowest BCUT2D eigenvalue weighted by molar-refractivity contribution is 0.0944. The van der Waals surface area contributed by atoms with Crippen molar-refractivity contribution in [3.05, 3.63) is 69.9 Å². The van der Waals surface area contributed by atoms with Crippen LogP contribution in [0.4, 0.5) is 0 Å². The van der Waals surface area contributed by atoms with Gasteiger partial charge in [-0.1, -0.05) is 23.7 Å². The molecule has 0 atom stereocenters. The van der Waals surface area contributed by atoms with Crippen molar-refractivity contribution >= 4 is 28.4 Å². The molecule has 0 spiro atoms. The Hall–Kier alpha value is -2.30. The number of nitrogens with one attached hydrogen (secondary N) is 1. The van der Waals surface area contributed by atoms with Gasteiger partial charge in [0.15, 0.2) is 0 Å². The highest BCUT2D eigenvalue weighted by atomic mass is 35.5. The molecule has 28 heavy (non-hydrogen) atoms. The van der Waals surface area contributed by atoms with Gasteiger partial charge >= 0.3 is 0 Å². The average molecular weight is 399 g/mol. The second-order valence-electron chi connectivity index (χ2n) is 6.96. The van der Waals surface area contributed by atoms with Gasteiger partial charge in [-0.25, -0.2) is 0 Å². The Balaban J connectivity index is 1.80. The number of ether oxygens (including phenoxy) is 1. The molecule has 0 aliphatic rings. The van der Waals surface area contributed by atoms with Crippen LogP contribution in [0.1, 0.15) is 40.5 Å². The number of amides is 1. The number of hydrogen-bond donors (Lipinski definition) is 1. The minimum Gasteiger partial charge on any atom is -0.382 e. The van der Waals surface area contributed by atoms with Crippen LogP contribution in [0, 0.1) is 13.8 Å². The van der Waals surface area contributed by atoms with Crippen LogP contribution in [0.25, 0.3) is 10.9 Å². The number of fused-ring (bicyclic) bond motifs is 1. The van der Waals surface area contributed by atoms with E-state index in [2.05, 4.69) is 23.7 Å². The number of rotatable bonds is 8. The van der Waals surface area contributed by atoms with Crippen molar-refractivity contribution in [2.75, 3.05) is 19.8 Å². The Kier molecular flexibility index (Phi) is 6.76. The Labute approximate surface area is 171 Å². The van der Waals surface area contributed by atoms with Crippen molar-refractivity contribution in [2.24, 2.45) is 0 Å². The summed E-state index contributed by atoms with van der Waals surface area (Å²) in [5, 5.41) is 4.83. The third-order valence-electron chi connectivity index (χ3n) is 5.11. The monoisotopic (exact) mass is 398 g/mol. The van der Waals surface area contributed by atoms with E-state index in [9.17, 15) is 4.79 Å². The molecule has 148 valence electrons. The van der Waals surface area contributed by atoms with E-state index in [4.69, 9.17) is 16.3 Å². The standard InChI is InChI=1S/C23H27ClN2O2/c1-4-28-13-5-12-25-23(27)19-8-11-22-21(14-19)16(2)17(3)26(22)15-18-6-9-20(24)10-7-18/h6-11,14H,4-5,12-13,15H2,1-3H3,(H,25,27). The zero-order valence-electron chi connectivity index (χ0n) is 16.7. The zero-order chi connectivity index (χ0) is 20.1. The van der Waals surface area contributed by atoms with Crippen LogP contribution in [0.2, 0.25) is 5.02 Å². The summed E-state index contributed by atoms with van der Waals surface area (Å²) in [5.74, 6) is -0.0408. The number of halogens is 1. The summed E-state index contributed by atoms with van der Waals surface area (Å²) in [5.41, 5.74) is 5.43.